The molecule has 138 valence electrons. The molecule has 1 aromatic carbocycles. The Morgan fingerprint density at radius 3 is 2.60 bits per heavy atom. The number of rotatable bonds is 4. The van der Waals surface area contributed by atoms with Gasteiger partial charge in [0.1, 0.15) is 0 Å². The number of piperazine rings is 1. The van der Waals surface area contributed by atoms with E-state index in [0.717, 1.165) is 32.2 Å². The monoisotopic (exact) mass is 353 g/mol. The SMILES string of the molecule is CN1CCN(CC2(O)CCCN(Cc3cccc(F)c3F)C2=O)CC1. The average Bonchev–Trinajstić information content (AvgIpc) is 2.58. The molecule has 0 aliphatic carbocycles. The predicted molar refractivity (Wildman–Crippen MR) is 89.9 cm³/mol. The first-order valence-corrected chi connectivity index (χ1v) is 8.74. The minimum absolute atomic E-state index is 0.0204. The summed E-state index contributed by atoms with van der Waals surface area (Å²) in [6.45, 7) is 4.15. The van der Waals surface area contributed by atoms with Crippen LogP contribution in [-0.4, -0.2) is 77.6 Å². The fraction of sp³-hybridized carbons (Fsp3) is 0.611. The molecule has 1 atom stereocenters. The number of nitrogens with zero attached hydrogens (tertiary/aromatic N) is 3. The van der Waals surface area contributed by atoms with Crippen LogP contribution in [0.3, 0.4) is 0 Å². The highest BCUT2D eigenvalue weighted by molar-refractivity contribution is 5.86. The molecular formula is C18H25F2N3O2. The summed E-state index contributed by atoms with van der Waals surface area (Å²) in [5.41, 5.74) is -1.31. The van der Waals surface area contributed by atoms with Crippen LogP contribution in [-0.2, 0) is 11.3 Å². The summed E-state index contributed by atoms with van der Waals surface area (Å²) in [5, 5.41) is 10.9. The summed E-state index contributed by atoms with van der Waals surface area (Å²) in [6.07, 6.45) is 1.05. The van der Waals surface area contributed by atoms with Crippen molar-refractivity contribution in [3.8, 4) is 0 Å². The third kappa shape index (κ3) is 3.99. The van der Waals surface area contributed by atoms with Gasteiger partial charge >= 0.3 is 0 Å². The number of carbonyl (C=O) groups is 1. The summed E-state index contributed by atoms with van der Waals surface area (Å²) < 4.78 is 27.3. The molecule has 1 unspecified atom stereocenters. The van der Waals surface area contributed by atoms with Crippen LogP contribution < -0.4 is 0 Å². The van der Waals surface area contributed by atoms with Gasteiger partial charge in [0, 0.05) is 51.4 Å². The van der Waals surface area contributed by atoms with E-state index in [1.165, 1.54) is 17.0 Å². The van der Waals surface area contributed by atoms with E-state index >= 15 is 0 Å². The maximum Gasteiger partial charge on any atom is 0.256 e. The number of benzene rings is 1. The number of likely N-dealkylation sites (N-methyl/N-ethyl adjacent to an activating group) is 1. The van der Waals surface area contributed by atoms with Crippen molar-refractivity contribution < 1.29 is 18.7 Å². The standard InChI is InChI=1S/C18H25F2N3O2/c1-21-8-10-22(11-9-21)13-18(25)6-3-7-23(17(18)24)12-14-4-2-5-15(19)16(14)20/h2,4-5,25H,3,6-13H2,1H3. The van der Waals surface area contributed by atoms with Crippen molar-refractivity contribution in [2.45, 2.75) is 25.0 Å². The van der Waals surface area contributed by atoms with Gasteiger partial charge in [0.05, 0.1) is 0 Å². The number of piperidine rings is 1. The van der Waals surface area contributed by atoms with Gasteiger partial charge in [-0.3, -0.25) is 9.69 Å². The molecule has 7 heteroatoms. The number of likely N-dealkylation sites (tertiary alicyclic amines) is 1. The number of amides is 1. The zero-order valence-corrected chi connectivity index (χ0v) is 14.5. The van der Waals surface area contributed by atoms with Crippen LogP contribution in [0.1, 0.15) is 18.4 Å². The van der Waals surface area contributed by atoms with Crippen LogP contribution in [0.15, 0.2) is 18.2 Å². The van der Waals surface area contributed by atoms with Gasteiger partial charge < -0.3 is 14.9 Å². The van der Waals surface area contributed by atoms with Crippen molar-refractivity contribution >= 4 is 5.91 Å². The molecule has 0 spiro atoms. The summed E-state index contributed by atoms with van der Waals surface area (Å²) >= 11 is 0. The quantitative estimate of drug-likeness (QED) is 0.880. The van der Waals surface area contributed by atoms with E-state index in [1.807, 2.05) is 7.05 Å². The zero-order valence-electron chi connectivity index (χ0n) is 14.5. The molecular weight excluding hydrogens is 328 g/mol. The van der Waals surface area contributed by atoms with Gasteiger partial charge in [-0.2, -0.15) is 0 Å². The van der Waals surface area contributed by atoms with Crippen LogP contribution in [0.4, 0.5) is 8.78 Å². The Hall–Kier alpha value is -1.57. The Kier molecular flexibility index (Phi) is 5.36. The van der Waals surface area contributed by atoms with E-state index in [4.69, 9.17) is 0 Å². The first kappa shape index (κ1) is 18.2. The third-order valence-corrected chi connectivity index (χ3v) is 5.18. The van der Waals surface area contributed by atoms with Crippen LogP contribution in [0.25, 0.3) is 0 Å². The van der Waals surface area contributed by atoms with Gasteiger partial charge in [-0.05, 0) is 26.0 Å². The lowest BCUT2D eigenvalue weighted by Crippen LogP contribution is -2.60. The highest BCUT2D eigenvalue weighted by Crippen LogP contribution is 2.26. The molecule has 25 heavy (non-hydrogen) atoms. The van der Waals surface area contributed by atoms with Gasteiger partial charge in [-0.25, -0.2) is 8.78 Å². The largest absolute Gasteiger partial charge is 0.379 e. The minimum atomic E-state index is -1.45. The maximum absolute atomic E-state index is 13.9. The van der Waals surface area contributed by atoms with E-state index in [9.17, 15) is 18.7 Å². The molecule has 5 nitrogen and oxygen atoms in total. The average molecular weight is 353 g/mol. The minimum Gasteiger partial charge on any atom is -0.379 e. The van der Waals surface area contributed by atoms with Crippen LogP contribution in [0.5, 0.6) is 0 Å². The Morgan fingerprint density at radius 2 is 1.88 bits per heavy atom. The molecule has 2 aliphatic rings. The van der Waals surface area contributed by atoms with E-state index in [1.54, 1.807) is 0 Å². The molecule has 2 saturated heterocycles. The summed E-state index contributed by atoms with van der Waals surface area (Å²) in [5.74, 6) is -2.24. The Morgan fingerprint density at radius 1 is 1.16 bits per heavy atom. The predicted octanol–water partition coefficient (Wildman–Crippen LogP) is 1.07. The van der Waals surface area contributed by atoms with Crippen LogP contribution in [0.2, 0.25) is 0 Å². The van der Waals surface area contributed by atoms with Crippen molar-refractivity contribution in [1.82, 2.24) is 14.7 Å². The summed E-state index contributed by atoms with van der Waals surface area (Å²) in [4.78, 5) is 18.6. The first-order chi connectivity index (χ1) is 11.9. The molecule has 2 aliphatic heterocycles. The second kappa shape index (κ2) is 7.35. The third-order valence-electron chi connectivity index (χ3n) is 5.18. The Balaban J connectivity index is 1.68. The number of hydrogen-bond donors (Lipinski definition) is 1. The van der Waals surface area contributed by atoms with E-state index in [-0.39, 0.29) is 18.0 Å². The highest BCUT2D eigenvalue weighted by atomic mass is 19.2. The lowest BCUT2D eigenvalue weighted by atomic mass is 9.90. The number of hydrogen-bond acceptors (Lipinski definition) is 4. The summed E-state index contributed by atoms with van der Waals surface area (Å²) in [7, 11) is 2.05. The highest BCUT2D eigenvalue weighted by Gasteiger charge is 2.43. The zero-order chi connectivity index (χ0) is 18.0. The lowest BCUT2D eigenvalue weighted by Gasteiger charge is -2.42. The maximum atomic E-state index is 13.9. The topological polar surface area (TPSA) is 47.0 Å². The number of β-amino-alcohol motifs (C(OH)–C–C–N with tert-alkyl or cyclic N) is 1. The number of carbonyl (C=O) groups excluding carboxylic acids is 1. The molecule has 2 fully saturated rings. The van der Waals surface area contributed by atoms with Crippen molar-refractivity contribution in [2.75, 3.05) is 46.3 Å². The number of halogens is 2. The number of aliphatic hydroxyl groups is 1. The molecule has 1 amide bonds. The Bertz CT molecular complexity index is 635. The molecule has 0 aromatic heterocycles. The fourth-order valence-electron chi connectivity index (χ4n) is 3.61. The molecule has 0 bridgehead atoms. The van der Waals surface area contributed by atoms with Crippen LogP contribution >= 0.6 is 0 Å². The Labute approximate surface area is 146 Å². The fourth-order valence-corrected chi connectivity index (χ4v) is 3.61. The van der Waals surface area contributed by atoms with Gasteiger partial charge in [-0.15, -0.1) is 0 Å². The van der Waals surface area contributed by atoms with Gasteiger partial charge in [0.2, 0.25) is 0 Å². The van der Waals surface area contributed by atoms with Crippen molar-refractivity contribution in [1.29, 1.82) is 0 Å². The molecule has 2 heterocycles. The van der Waals surface area contributed by atoms with Gasteiger partial charge in [-0.1, -0.05) is 12.1 Å². The van der Waals surface area contributed by atoms with Crippen molar-refractivity contribution in [3.63, 3.8) is 0 Å². The summed E-state index contributed by atoms with van der Waals surface area (Å²) in [6, 6.07) is 3.96. The lowest BCUT2D eigenvalue weighted by molar-refractivity contribution is -0.160. The van der Waals surface area contributed by atoms with Crippen molar-refractivity contribution in [2.24, 2.45) is 0 Å². The van der Waals surface area contributed by atoms with Gasteiger partial charge in [0.25, 0.3) is 5.91 Å². The second-order valence-electron chi connectivity index (χ2n) is 7.15. The second-order valence-corrected chi connectivity index (χ2v) is 7.15. The normalized spacial score (nSPS) is 26.2. The van der Waals surface area contributed by atoms with Gasteiger partial charge in [0.15, 0.2) is 17.2 Å². The molecule has 3 rings (SSSR count). The molecule has 1 aromatic rings. The van der Waals surface area contributed by atoms with E-state index < -0.39 is 17.2 Å². The van der Waals surface area contributed by atoms with Crippen LogP contribution in [0, 0.1) is 11.6 Å². The molecule has 1 N–H and O–H groups in total. The van der Waals surface area contributed by atoms with E-state index in [2.05, 4.69) is 9.80 Å². The smallest absolute Gasteiger partial charge is 0.256 e. The molecule has 0 radical (unpaired) electrons. The van der Waals surface area contributed by atoms with Crippen molar-refractivity contribution in [3.05, 3.63) is 35.4 Å². The molecule has 0 saturated carbocycles. The first-order valence-electron chi connectivity index (χ1n) is 8.74. The van der Waals surface area contributed by atoms with E-state index in [0.29, 0.717) is 25.9 Å².